The summed E-state index contributed by atoms with van der Waals surface area (Å²) in [7, 11) is 0. The summed E-state index contributed by atoms with van der Waals surface area (Å²) >= 11 is 6.12. The molecule has 5 rings (SSSR count). The highest BCUT2D eigenvalue weighted by Gasteiger charge is 2.30. The van der Waals surface area contributed by atoms with E-state index in [9.17, 15) is 4.79 Å². The summed E-state index contributed by atoms with van der Waals surface area (Å²) in [5.74, 6) is 1.46. The second-order valence-electron chi connectivity index (χ2n) is 8.72. The van der Waals surface area contributed by atoms with Crippen LogP contribution in [-0.4, -0.2) is 59.9 Å². The van der Waals surface area contributed by atoms with Crippen LogP contribution < -0.4 is 20.8 Å². The first-order valence-electron chi connectivity index (χ1n) is 11.7. The average molecular weight is 452 g/mol. The van der Waals surface area contributed by atoms with E-state index in [4.69, 9.17) is 16.7 Å². The molecule has 0 bridgehead atoms. The molecule has 0 spiro atoms. The van der Waals surface area contributed by atoms with Gasteiger partial charge in [0.2, 0.25) is 5.91 Å². The van der Waals surface area contributed by atoms with Crippen LogP contribution in [0.4, 0.5) is 5.82 Å². The number of anilines is 1. The number of benzene rings is 1. The van der Waals surface area contributed by atoms with E-state index in [2.05, 4.69) is 34.5 Å². The van der Waals surface area contributed by atoms with Gasteiger partial charge < -0.3 is 15.1 Å². The van der Waals surface area contributed by atoms with Crippen molar-refractivity contribution in [3.8, 4) is 5.69 Å². The molecule has 1 aromatic carbocycles. The first kappa shape index (κ1) is 21.3. The topological polar surface area (TPSA) is 53.4 Å². The molecule has 7 heteroatoms. The van der Waals surface area contributed by atoms with Gasteiger partial charge in [0, 0.05) is 55.4 Å². The first-order chi connectivity index (χ1) is 15.7. The van der Waals surface area contributed by atoms with Gasteiger partial charge in [0.05, 0.1) is 11.0 Å². The van der Waals surface area contributed by atoms with Crippen LogP contribution in [0.2, 0.25) is 5.02 Å². The molecule has 2 aliphatic heterocycles. The van der Waals surface area contributed by atoms with E-state index in [1.165, 1.54) is 0 Å². The summed E-state index contributed by atoms with van der Waals surface area (Å²) in [6.07, 6.45) is 12.6. The monoisotopic (exact) mass is 451 g/mol. The third-order valence-electron chi connectivity index (χ3n) is 6.65. The number of nitrogens with one attached hydrogen (secondary N) is 1. The van der Waals surface area contributed by atoms with Gasteiger partial charge in [0.25, 0.3) is 0 Å². The Hall–Kier alpha value is -2.57. The zero-order valence-electron chi connectivity index (χ0n) is 18.3. The highest BCUT2D eigenvalue weighted by atomic mass is 35.5. The fraction of sp³-hybridized carbons (Fsp3) is 0.440. The fourth-order valence-corrected chi connectivity index (χ4v) is 4.98. The van der Waals surface area contributed by atoms with Gasteiger partial charge in [0.15, 0.2) is 5.82 Å². The molecule has 2 fully saturated rings. The second-order valence-corrected chi connectivity index (χ2v) is 9.16. The number of allylic oxidation sites excluding steroid dienone is 2. The highest BCUT2D eigenvalue weighted by molar-refractivity contribution is 6.30. The number of carbonyl (C=O) groups is 1. The predicted octanol–water partition coefficient (Wildman–Crippen LogP) is 2.08. The molecule has 0 radical (unpaired) electrons. The lowest BCUT2D eigenvalue weighted by Gasteiger charge is -2.35. The molecule has 3 aliphatic rings. The highest BCUT2D eigenvalue weighted by Crippen LogP contribution is 2.23. The lowest BCUT2D eigenvalue weighted by atomic mass is 9.95. The summed E-state index contributed by atoms with van der Waals surface area (Å²) < 4.78 is 2.04. The third-order valence-corrected chi connectivity index (χ3v) is 6.91. The number of aromatic nitrogens is 2. The molecule has 2 saturated heterocycles. The largest absolute Gasteiger partial charge is 0.355 e. The summed E-state index contributed by atoms with van der Waals surface area (Å²) in [6.45, 7) is 5.16. The summed E-state index contributed by atoms with van der Waals surface area (Å²) in [4.78, 5) is 17.3. The van der Waals surface area contributed by atoms with Gasteiger partial charge in [-0.25, -0.2) is 4.68 Å². The molecule has 1 N–H and O–H groups in total. The van der Waals surface area contributed by atoms with Crippen molar-refractivity contribution in [3.63, 3.8) is 0 Å². The molecular formula is C25H30ClN5O. The minimum absolute atomic E-state index is 0.125. The molecule has 0 atom stereocenters. The Morgan fingerprint density at radius 1 is 1.03 bits per heavy atom. The van der Waals surface area contributed by atoms with Crippen molar-refractivity contribution in [2.75, 3.05) is 44.2 Å². The molecule has 1 amide bonds. The number of halogens is 1. The molecule has 32 heavy (non-hydrogen) atoms. The predicted molar refractivity (Wildman–Crippen MR) is 130 cm³/mol. The number of amides is 1. The smallest absolute Gasteiger partial charge is 0.225 e. The minimum atomic E-state index is 0.125. The maximum atomic E-state index is 13.0. The third kappa shape index (κ3) is 4.34. The summed E-state index contributed by atoms with van der Waals surface area (Å²) in [5.41, 5.74) is 1.01. The number of piperidine rings is 1. The van der Waals surface area contributed by atoms with Crippen LogP contribution in [-0.2, 0) is 4.79 Å². The van der Waals surface area contributed by atoms with Crippen molar-refractivity contribution < 1.29 is 4.79 Å². The van der Waals surface area contributed by atoms with Crippen molar-refractivity contribution in [3.05, 3.63) is 52.0 Å². The lowest BCUT2D eigenvalue weighted by molar-refractivity contribution is -0.136. The van der Waals surface area contributed by atoms with Crippen molar-refractivity contribution in [1.82, 2.24) is 20.0 Å². The lowest BCUT2D eigenvalue weighted by Crippen LogP contribution is -2.50. The van der Waals surface area contributed by atoms with Gasteiger partial charge in [-0.15, -0.1) is 5.10 Å². The van der Waals surface area contributed by atoms with Crippen LogP contribution in [0.1, 0.15) is 25.7 Å². The van der Waals surface area contributed by atoms with Crippen LogP contribution >= 0.6 is 11.6 Å². The van der Waals surface area contributed by atoms with Crippen LogP contribution in [0.5, 0.6) is 0 Å². The normalized spacial score (nSPS) is 22.7. The number of fused-ring (bicyclic) bond motifs is 1. The number of nitrogens with zero attached hydrogens (tertiary/aromatic N) is 4. The molecule has 2 aromatic rings. The van der Waals surface area contributed by atoms with Gasteiger partial charge in [-0.1, -0.05) is 29.8 Å². The fourth-order valence-electron chi connectivity index (χ4n) is 4.86. The van der Waals surface area contributed by atoms with E-state index in [0.717, 1.165) is 92.0 Å². The zero-order chi connectivity index (χ0) is 21.9. The number of hydrogen-bond acceptors (Lipinski definition) is 4. The summed E-state index contributed by atoms with van der Waals surface area (Å²) in [5, 5.41) is 11.4. The van der Waals surface area contributed by atoms with Gasteiger partial charge >= 0.3 is 0 Å². The van der Waals surface area contributed by atoms with Crippen molar-refractivity contribution in [2.45, 2.75) is 25.7 Å². The Balaban J connectivity index is 1.42. The van der Waals surface area contributed by atoms with Crippen LogP contribution in [0.3, 0.4) is 0 Å². The van der Waals surface area contributed by atoms with Crippen molar-refractivity contribution in [2.24, 2.45) is 5.92 Å². The van der Waals surface area contributed by atoms with Gasteiger partial charge in [-0.2, -0.15) is 0 Å². The molecule has 1 aliphatic carbocycles. The molecule has 0 unspecified atom stereocenters. The van der Waals surface area contributed by atoms with Crippen molar-refractivity contribution in [1.29, 1.82) is 0 Å². The Bertz CT molecular complexity index is 1110. The molecular weight excluding hydrogens is 422 g/mol. The number of rotatable bonds is 3. The molecule has 168 valence electrons. The van der Waals surface area contributed by atoms with Crippen molar-refractivity contribution >= 4 is 35.5 Å². The van der Waals surface area contributed by atoms with Gasteiger partial charge in [-0.3, -0.25) is 4.79 Å². The molecule has 0 saturated carbocycles. The maximum absolute atomic E-state index is 13.0. The zero-order valence-corrected chi connectivity index (χ0v) is 19.1. The SMILES string of the molecule is O=C(C1CCN(c2nn(-c3ccc(Cl)cc3)c3/c2=C\C=C/CC\C=3)CC1)N1CCNCC1. The minimum Gasteiger partial charge on any atom is -0.355 e. The number of piperazine rings is 1. The molecule has 3 heterocycles. The van der Waals surface area contributed by atoms with Crippen LogP contribution in [0, 0.1) is 5.92 Å². The van der Waals surface area contributed by atoms with Crippen LogP contribution in [0.25, 0.3) is 17.8 Å². The van der Waals surface area contributed by atoms with Gasteiger partial charge in [0.1, 0.15) is 0 Å². The molecule has 1 aromatic heterocycles. The van der Waals surface area contributed by atoms with Gasteiger partial charge in [-0.05, 0) is 56.0 Å². The average Bonchev–Trinajstić information content (AvgIpc) is 3.16. The number of hydrogen-bond donors (Lipinski definition) is 1. The van der Waals surface area contributed by atoms with E-state index in [-0.39, 0.29) is 5.92 Å². The van der Waals surface area contributed by atoms with E-state index in [1.807, 2.05) is 33.8 Å². The Kier molecular flexibility index (Phi) is 6.32. The Morgan fingerprint density at radius 3 is 2.53 bits per heavy atom. The second kappa shape index (κ2) is 9.51. The Morgan fingerprint density at radius 2 is 1.78 bits per heavy atom. The summed E-state index contributed by atoms with van der Waals surface area (Å²) in [6, 6.07) is 7.84. The standard InChI is InChI=1S/C25H30ClN5O/c26-20-7-9-21(10-8-20)31-23-6-4-2-1-3-5-22(23)24(28-31)29-15-11-19(12-16-29)25(32)30-17-13-27-14-18-30/h1,3,5-10,19,27H,2,4,11-18H2/b3-1-,22-5+,23-6+. The van der Waals surface area contributed by atoms with E-state index in [1.54, 1.807) is 0 Å². The Labute approximate surface area is 193 Å². The quantitative estimate of drug-likeness (QED) is 0.776. The van der Waals surface area contributed by atoms with E-state index < -0.39 is 0 Å². The maximum Gasteiger partial charge on any atom is 0.225 e. The van der Waals surface area contributed by atoms with E-state index >= 15 is 0 Å². The first-order valence-corrected chi connectivity index (χ1v) is 12.0. The van der Waals surface area contributed by atoms with E-state index in [0.29, 0.717) is 5.91 Å². The molecule has 6 nitrogen and oxygen atoms in total. The van der Waals surface area contributed by atoms with Crippen LogP contribution in [0.15, 0.2) is 36.4 Å². The number of carbonyl (C=O) groups excluding carboxylic acids is 1.